The molecule has 0 aromatic carbocycles. The maximum atomic E-state index is 12.5. The molecule has 358 valence electrons. The molecule has 0 spiro atoms. The fourth-order valence-electron chi connectivity index (χ4n) is 6.70. The first-order valence-electron chi connectivity index (χ1n) is 23.1. The molecule has 16 nitrogen and oxygen atoms in total. The number of rotatable bonds is 48. The van der Waals surface area contributed by atoms with Crippen LogP contribution in [0.3, 0.4) is 0 Å². The van der Waals surface area contributed by atoms with Crippen molar-refractivity contribution in [3.05, 3.63) is 0 Å². The number of nitrogens with one attached hydrogen (secondary N) is 1. The minimum Gasteiger partial charge on any atom is -0.481 e. The number of carbonyl (C=O) groups excluding carboxylic acids is 5. The third-order valence-corrected chi connectivity index (χ3v) is 10.4. The molecule has 1 amide bonds. The Morgan fingerprint density at radius 1 is 0.419 bits per heavy atom. The molecular weight excluding hydrogens is 806 g/mol. The van der Waals surface area contributed by atoms with Crippen LogP contribution in [-0.2, 0) is 57.3 Å². The topological polar surface area (TPSA) is 246 Å². The smallest absolute Gasteiger partial charge is 0.306 e. The first kappa shape index (κ1) is 58.4. The zero-order valence-electron chi connectivity index (χ0n) is 37.6. The Hall–Kier alpha value is -3.60. The number of unbranched alkanes of at least 4 members (excludes halogenated alkanes) is 15. The predicted molar refractivity (Wildman–Crippen MR) is 232 cm³/mol. The number of aliphatic carboxylic acids is 3. The van der Waals surface area contributed by atoms with E-state index < -0.39 is 29.7 Å². The van der Waals surface area contributed by atoms with Crippen molar-refractivity contribution in [3.63, 3.8) is 0 Å². The second-order valence-corrected chi connectivity index (χ2v) is 16.2. The number of carboxylic acid groups (broad SMARTS) is 3. The van der Waals surface area contributed by atoms with E-state index in [1.165, 1.54) is 64.7 Å². The normalized spacial score (nSPS) is 12.1. The third-order valence-electron chi connectivity index (χ3n) is 10.4. The Bertz CT molecular complexity index is 1260. The number of amides is 1. The quantitative estimate of drug-likeness (QED) is 0.0445. The van der Waals surface area contributed by atoms with Gasteiger partial charge in [0.05, 0.1) is 44.9 Å². The summed E-state index contributed by atoms with van der Waals surface area (Å²) in [5.74, 6) is -5.70. The summed E-state index contributed by atoms with van der Waals surface area (Å²) in [5.41, 5.74) is 0. The van der Waals surface area contributed by atoms with E-state index in [0.717, 1.165) is 44.9 Å². The number of carboxylic acids is 3. The molecule has 0 aromatic heterocycles. The largest absolute Gasteiger partial charge is 0.481 e. The molecular formula is C46H79NO15. The van der Waals surface area contributed by atoms with Gasteiger partial charge in [-0.3, -0.25) is 33.6 Å². The minimum absolute atomic E-state index is 0.00576. The fourth-order valence-corrected chi connectivity index (χ4v) is 6.70. The summed E-state index contributed by atoms with van der Waals surface area (Å²) < 4.78 is 21.4. The average Bonchev–Trinajstić information content (AvgIpc) is 3.21. The molecule has 0 aliphatic carbocycles. The van der Waals surface area contributed by atoms with E-state index in [4.69, 9.17) is 24.1 Å². The average molecular weight is 886 g/mol. The Morgan fingerprint density at radius 2 is 0.823 bits per heavy atom. The van der Waals surface area contributed by atoms with E-state index in [0.29, 0.717) is 19.4 Å². The molecule has 0 aromatic rings. The van der Waals surface area contributed by atoms with Crippen LogP contribution in [0.2, 0.25) is 0 Å². The van der Waals surface area contributed by atoms with Crippen LogP contribution in [0.4, 0.5) is 0 Å². The molecule has 62 heavy (non-hydrogen) atoms. The Labute approximate surface area is 369 Å². The molecule has 4 N–H and O–H groups in total. The Morgan fingerprint density at radius 3 is 1.31 bits per heavy atom. The molecule has 0 unspecified atom stereocenters. The molecule has 0 heterocycles. The van der Waals surface area contributed by atoms with Crippen LogP contribution in [0.15, 0.2) is 0 Å². The van der Waals surface area contributed by atoms with E-state index >= 15 is 0 Å². The van der Waals surface area contributed by atoms with Crippen molar-refractivity contribution in [3.8, 4) is 0 Å². The lowest BCUT2D eigenvalue weighted by Crippen LogP contribution is -2.29. The van der Waals surface area contributed by atoms with Crippen molar-refractivity contribution < 1.29 is 72.6 Å². The second-order valence-electron chi connectivity index (χ2n) is 16.2. The van der Waals surface area contributed by atoms with E-state index in [1.54, 1.807) is 0 Å². The van der Waals surface area contributed by atoms with Crippen molar-refractivity contribution in [2.75, 3.05) is 59.4 Å². The summed E-state index contributed by atoms with van der Waals surface area (Å²) in [4.78, 5) is 93.2. The molecule has 0 bridgehead atoms. The first-order chi connectivity index (χ1) is 29.8. The second kappa shape index (κ2) is 41.4. The van der Waals surface area contributed by atoms with Gasteiger partial charge >= 0.3 is 17.9 Å². The van der Waals surface area contributed by atoms with Gasteiger partial charge < -0.3 is 44.4 Å². The highest BCUT2D eigenvalue weighted by Gasteiger charge is 2.23. The molecule has 16 heteroatoms. The molecule has 0 saturated heterocycles. The highest BCUT2D eigenvalue weighted by molar-refractivity contribution is 5.85. The Kier molecular flexibility index (Phi) is 39.0. The summed E-state index contributed by atoms with van der Waals surface area (Å²) in [6.45, 7) is 2.56. The number of ether oxygens (including phenoxy) is 4. The van der Waals surface area contributed by atoms with E-state index in [-0.39, 0.29) is 133 Å². The monoisotopic (exact) mass is 886 g/mol. The van der Waals surface area contributed by atoms with E-state index in [2.05, 4.69) is 5.32 Å². The van der Waals surface area contributed by atoms with Gasteiger partial charge in [0.2, 0.25) is 5.91 Å². The number of hydrogen-bond acceptors (Lipinski definition) is 12. The lowest BCUT2D eigenvalue weighted by atomic mass is 9.94. The molecule has 0 radical (unpaired) electrons. The van der Waals surface area contributed by atoms with E-state index in [1.807, 2.05) is 0 Å². The SMILES string of the molecule is CC(=O)CC[C@H](CC(=O)COCCOCCCC(=O)COCCOCCNC(=O)CC[C@H](CC(=O)CCCCCCCCCCCCCCCCCCC(=O)O)C(=O)O)C(=O)O. The molecule has 0 rings (SSSR count). The van der Waals surface area contributed by atoms with Gasteiger partial charge in [-0.25, -0.2) is 0 Å². The van der Waals surface area contributed by atoms with Gasteiger partial charge in [0.25, 0.3) is 0 Å². The van der Waals surface area contributed by atoms with Crippen LogP contribution in [0.25, 0.3) is 0 Å². The van der Waals surface area contributed by atoms with Crippen LogP contribution in [-0.4, -0.2) is 122 Å². The molecule has 0 aliphatic heterocycles. The van der Waals surface area contributed by atoms with E-state index in [9.17, 15) is 48.6 Å². The number of ketones is 4. The summed E-state index contributed by atoms with van der Waals surface area (Å²) in [5, 5.41) is 30.1. The maximum Gasteiger partial charge on any atom is 0.306 e. The van der Waals surface area contributed by atoms with Gasteiger partial charge in [0.15, 0.2) is 11.6 Å². The molecule has 0 fully saturated rings. The summed E-state index contributed by atoms with van der Waals surface area (Å²) >= 11 is 0. The minimum atomic E-state index is -1.12. The van der Waals surface area contributed by atoms with Gasteiger partial charge in [0.1, 0.15) is 24.8 Å². The lowest BCUT2D eigenvalue weighted by molar-refractivity contribution is -0.145. The first-order valence-corrected chi connectivity index (χ1v) is 23.1. The Balaban J connectivity index is 3.70. The van der Waals surface area contributed by atoms with Crippen molar-refractivity contribution in [1.29, 1.82) is 0 Å². The summed E-state index contributed by atoms with van der Waals surface area (Å²) in [6, 6.07) is 0. The number of carbonyl (C=O) groups is 8. The van der Waals surface area contributed by atoms with Crippen LogP contribution in [0.5, 0.6) is 0 Å². The van der Waals surface area contributed by atoms with Crippen LogP contribution >= 0.6 is 0 Å². The van der Waals surface area contributed by atoms with Crippen LogP contribution in [0.1, 0.15) is 174 Å². The van der Waals surface area contributed by atoms with Crippen molar-refractivity contribution in [2.24, 2.45) is 11.8 Å². The standard InChI is InChI=1S/C46H79NO15/c1-37(48)22-23-38(45(55)56)34-42(51)36-62-31-29-59-27-18-20-41(50)35-61-32-30-60-28-26-47-43(52)25-24-39(46(57)58)33-40(49)19-16-14-12-10-8-6-4-2-3-5-7-9-11-13-15-17-21-44(53)54/h38-39H,2-36H2,1H3,(H,47,52)(H,53,54)(H,55,56)(H,57,58)/t38-,39-/m1/s1. The van der Waals surface area contributed by atoms with Gasteiger partial charge in [-0.1, -0.05) is 89.9 Å². The summed E-state index contributed by atoms with van der Waals surface area (Å²) in [7, 11) is 0. The predicted octanol–water partition coefficient (Wildman–Crippen LogP) is 7.09. The van der Waals surface area contributed by atoms with Crippen molar-refractivity contribution in [2.45, 2.75) is 174 Å². The fraction of sp³-hybridized carbons (Fsp3) is 0.826. The third kappa shape index (κ3) is 40.5. The van der Waals surface area contributed by atoms with Gasteiger partial charge in [-0.15, -0.1) is 0 Å². The number of hydrogen-bond donors (Lipinski definition) is 4. The zero-order chi connectivity index (χ0) is 46.1. The van der Waals surface area contributed by atoms with Gasteiger partial charge in [0, 0.05) is 58.1 Å². The van der Waals surface area contributed by atoms with Crippen molar-refractivity contribution in [1.82, 2.24) is 5.32 Å². The van der Waals surface area contributed by atoms with Gasteiger partial charge in [-0.05, 0) is 39.0 Å². The molecule has 0 aliphatic rings. The van der Waals surface area contributed by atoms with Gasteiger partial charge in [-0.2, -0.15) is 0 Å². The van der Waals surface area contributed by atoms with Crippen LogP contribution < -0.4 is 5.32 Å². The highest BCUT2D eigenvalue weighted by atomic mass is 16.5. The van der Waals surface area contributed by atoms with Crippen molar-refractivity contribution >= 4 is 46.9 Å². The lowest BCUT2D eigenvalue weighted by Gasteiger charge is -2.12. The highest BCUT2D eigenvalue weighted by Crippen LogP contribution is 2.18. The number of Topliss-reactive ketones (excluding diaryl/α,β-unsaturated/α-hetero) is 4. The molecule has 2 atom stereocenters. The maximum absolute atomic E-state index is 12.5. The summed E-state index contributed by atoms with van der Waals surface area (Å²) in [6.07, 6.45) is 19.4. The molecule has 0 saturated carbocycles. The van der Waals surface area contributed by atoms with Crippen LogP contribution in [0, 0.1) is 11.8 Å². The zero-order valence-corrected chi connectivity index (χ0v) is 37.6.